The summed E-state index contributed by atoms with van der Waals surface area (Å²) in [4.78, 5) is 13.8. The predicted molar refractivity (Wildman–Crippen MR) is 99.5 cm³/mol. The monoisotopic (exact) mass is 364 g/mol. The van der Waals surface area contributed by atoms with Crippen LogP contribution in [0, 0.1) is 0 Å². The van der Waals surface area contributed by atoms with Gasteiger partial charge in [-0.25, -0.2) is 0 Å². The van der Waals surface area contributed by atoms with Crippen LogP contribution in [0.25, 0.3) is 0 Å². The van der Waals surface area contributed by atoms with Crippen LogP contribution in [-0.4, -0.2) is 63.0 Å². The molecular formula is C18H29BN2O5. The molecule has 6 N–H and O–H groups in total. The highest BCUT2D eigenvalue weighted by Gasteiger charge is 2.35. The van der Waals surface area contributed by atoms with Gasteiger partial charge in [-0.3, -0.25) is 9.69 Å². The number of benzene rings is 1. The van der Waals surface area contributed by atoms with Crippen molar-refractivity contribution in [2.75, 3.05) is 13.2 Å². The molecule has 1 aromatic rings. The molecule has 144 valence electrons. The molecule has 0 amide bonds. The number of nitrogens with two attached hydrogens (primary N) is 1. The lowest BCUT2D eigenvalue weighted by Crippen LogP contribution is -2.52. The van der Waals surface area contributed by atoms with Gasteiger partial charge >= 0.3 is 13.1 Å². The second-order valence-corrected chi connectivity index (χ2v) is 7.22. The van der Waals surface area contributed by atoms with Crippen molar-refractivity contribution in [3.63, 3.8) is 0 Å². The largest absolute Gasteiger partial charge is 0.480 e. The van der Waals surface area contributed by atoms with E-state index in [0.29, 0.717) is 25.9 Å². The van der Waals surface area contributed by atoms with Crippen LogP contribution in [0.4, 0.5) is 0 Å². The molecule has 7 nitrogen and oxygen atoms in total. The third kappa shape index (κ3) is 5.52. The van der Waals surface area contributed by atoms with Crippen molar-refractivity contribution in [1.82, 2.24) is 4.90 Å². The van der Waals surface area contributed by atoms with Crippen LogP contribution < -0.4 is 5.73 Å². The fraction of sp³-hybridized carbons (Fsp3) is 0.611. The van der Waals surface area contributed by atoms with E-state index < -0.39 is 18.6 Å². The van der Waals surface area contributed by atoms with Crippen LogP contribution in [0.5, 0.6) is 0 Å². The summed E-state index contributed by atoms with van der Waals surface area (Å²) < 4.78 is 0. The summed E-state index contributed by atoms with van der Waals surface area (Å²) in [5, 5.41) is 37.0. The minimum Gasteiger partial charge on any atom is -0.480 e. The first-order valence-corrected chi connectivity index (χ1v) is 9.16. The van der Waals surface area contributed by atoms with Gasteiger partial charge in [-0.1, -0.05) is 37.1 Å². The van der Waals surface area contributed by atoms with Gasteiger partial charge in [0.05, 0.1) is 6.61 Å². The average Bonchev–Trinajstić information content (AvgIpc) is 2.62. The quantitative estimate of drug-likeness (QED) is 0.297. The van der Waals surface area contributed by atoms with E-state index in [9.17, 15) is 15.0 Å². The molecule has 26 heavy (non-hydrogen) atoms. The number of unbranched alkanes of at least 4 members (excludes halogenated alkanes) is 1. The van der Waals surface area contributed by atoms with Crippen LogP contribution in [0.2, 0.25) is 6.32 Å². The van der Waals surface area contributed by atoms with Crippen LogP contribution in [0.1, 0.15) is 36.8 Å². The zero-order valence-corrected chi connectivity index (χ0v) is 15.0. The molecule has 0 bridgehead atoms. The Morgan fingerprint density at radius 1 is 1.23 bits per heavy atom. The third-order valence-electron chi connectivity index (χ3n) is 5.28. The Balaban J connectivity index is 1.95. The van der Waals surface area contributed by atoms with Crippen molar-refractivity contribution in [3.05, 3.63) is 35.4 Å². The first-order chi connectivity index (χ1) is 12.4. The summed E-state index contributed by atoms with van der Waals surface area (Å²) in [6.45, 7) is 1.19. The van der Waals surface area contributed by atoms with Crippen LogP contribution >= 0.6 is 0 Å². The molecule has 2 rings (SSSR count). The number of hydrogen-bond donors (Lipinski definition) is 5. The Labute approximate surface area is 154 Å². The Hall–Kier alpha value is -1.45. The number of nitrogens with zero attached hydrogens (tertiary/aromatic N) is 1. The molecule has 1 aliphatic rings. The van der Waals surface area contributed by atoms with E-state index >= 15 is 0 Å². The molecule has 8 heteroatoms. The van der Waals surface area contributed by atoms with Gasteiger partial charge in [0.1, 0.15) is 5.54 Å². The Bertz CT molecular complexity index is 601. The summed E-state index contributed by atoms with van der Waals surface area (Å²) in [7, 11) is -1.37. The molecule has 0 saturated heterocycles. The van der Waals surface area contributed by atoms with Gasteiger partial charge in [0, 0.05) is 19.1 Å². The van der Waals surface area contributed by atoms with Gasteiger partial charge in [0.25, 0.3) is 0 Å². The van der Waals surface area contributed by atoms with E-state index in [1.54, 1.807) is 0 Å². The Kier molecular flexibility index (Phi) is 7.61. The van der Waals surface area contributed by atoms with Gasteiger partial charge in [-0.15, -0.1) is 0 Å². The van der Waals surface area contributed by atoms with Gasteiger partial charge in [-0.2, -0.15) is 0 Å². The Morgan fingerprint density at radius 2 is 1.92 bits per heavy atom. The van der Waals surface area contributed by atoms with Crippen LogP contribution in [0.3, 0.4) is 0 Å². The number of carboxylic acids is 1. The number of fused-ring (bicyclic) bond motifs is 1. The lowest BCUT2D eigenvalue weighted by Gasteiger charge is -2.37. The third-order valence-corrected chi connectivity index (χ3v) is 5.28. The predicted octanol–water partition coefficient (Wildman–Crippen LogP) is 0.221. The zero-order chi connectivity index (χ0) is 19.2. The van der Waals surface area contributed by atoms with Crippen LogP contribution in [0.15, 0.2) is 24.3 Å². The highest BCUT2D eigenvalue weighted by Crippen LogP contribution is 2.25. The average molecular weight is 364 g/mol. The molecule has 0 aromatic heterocycles. The van der Waals surface area contributed by atoms with E-state index in [-0.39, 0.29) is 31.8 Å². The van der Waals surface area contributed by atoms with E-state index in [2.05, 4.69) is 17.0 Å². The topological polar surface area (TPSA) is 127 Å². The zero-order valence-electron chi connectivity index (χ0n) is 15.0. The van der Waals surface area contributed by atoms with Gasteiger partial charge < -0.3 is 26.0 Å². The van der Waals surface area contributed by atoms with E-state index in [0.717, 1.165) is 6.42 Å². The Morgan fingerprint density at radius 3 is 2.54 bits per heavy atom. The molecule has 0 radical (unpaired) electrons. The van der Waals surface area contributed by atoms with Crippen molar-refractivity contribution in [2.24, 2.45) is 5.73 Å². The van der Waals surface area contributed by atoms with Crippen LogP contribution in [-0.2, 0) is 17.8 Å². The highest BCUT2D eigenvalue weighted by molar-refractivity contribution is 6.40. The molecule has 0 saturated carbocycles. The van der Waals surface area contributed by atoms with E-state index in [4.69, 9.17) is 15.8 Å². The molecule has 0 aliphatic carbocycles. The first-order valence-electron chi connectivity index (χ1n) is 9.16. The van der Waals surface area contributed by atoms with Crippen molar-refractivity contribution in [3.8, 4) is 0 Å². The maximum atomic E-state index is 11.7. The number of carbonyl (C=O) groups is 1. The molecule has 0 fully saturated rings. The van der Waals surface area contributed by atoms with Crippen molar-refractivity contribution in [2.45, 2.75) is 56.5 Å². The fourth-order valence-corrected chi connectivity index (χ4v) is 3.53. The summed E-state index contributed by atoms with van der Waals surface area (Å²) in [5.41, 5.74) is 7.22. The number of aliphatic carboxylic acids is 1. The molecule has 1 aromatic carbocycles. The first kappa shape index (κ1) is 20.9. The number of aliphatic hydroxyl groups excluding tert-OH is 1. The minimum absolute atomic E-state index is 0.0212. The summed E-state index contributed by atoms with van der Waals surface area (Å²) >= 11 is 0. The van der Waals surface area contributed by atoms with Crippen molar-refractivity contribution in [1.29, 1.82) is 0 Å². The van der Waals surface area contributed by atoms with Gasteiger partial charge in [-0.05, 0) is 36.7 Å². The van der Waals surface area contributed by atoms with E-state index in [1.165, 1.54) is 11.1 Å². The molecule has 1 aliphatic heterocycles. The summed E-state index contributed by atoms with van der Waals surface area (Å²) in [6.07, 6.45) is 2.55. The van der Waals surface area contributed by atoms with Gasteiger partial charge in [0.2, 0.25) is 0 Å². The smallest absolute Gasteiger partial charge is 0.451 e. The van der Waals surface area contributed by atoms with Crippen molar-refractivity contribution < 1.29 is 25.1 Å². The van der Waals surface area contributed by atoms with Crippen molar-refractivity contribution >= 4 is 13.1 Å². The molecule has 1 heterocycles. The lowest BCUT2D eigenvalue weighted by molar-refractivity contribution is -0.144. The minimum atomic E-state index is -1.37. The maximum absolute atomic E-state index is 11.7. The number of rotatable bonds is 10. The molecule has 2 unspecified atom stereocenters. The SMILES string of the molecule is NC(CCCCB(O)O)(CCN1Cc2ccccc2CC1CO)C(=O)O. The summed E-state index contributed by atoms with van der Waals surface area (Å²) in [6, 6.07) is 8.06. The normalized spacial score (nSPS) is 19.6. The second kappa shape index (κ2) is 9.48. The maximum Gasteiger partial charge on any atom is 0.451 e. The van der Waals surface area contributed by atoms with Gasteiger partial charge in [0.15, 0.2) is 0 Å². The molecule has 2 atom stereocenters. The highest BCUT2D eigenvalue weighted by atomic mass is 16.4. The number of carboxylic acid groups (broad SMARTS) is 1. The second-order valence-electron chi connectivity index (χ2n) is 7.22. The van der Waals surface area contributed by atoms with E-state index in [1.807, 2.05) is 12.1 Å². The lowest BCUT2D eigenvalue weighted by atomic mass is 9.81. The number of aliphatic hydroxyl groups is 1. The fourth-order valence-electron chi connectivity index (χ4n) is 3.53. The standard InChI is InChI=1S/C18H29BN2O5/c20-18(17(23)24,7-3-4-9-19(25)26)8-10-21-12-15-6-2-1-5-14(15)11-16(21)13-22/h1-2,5-6,16,22,25-26H,3-4,7-13,20H2,(H,23,24). The summed E-state index contributed by atoms with van der Waals surface area (Å²) in [5.74, 6) is -1.04. The number of hydrogen-bond acceptors (Lipinski definition) is 6. The molecule has 0 spiro atoms. The molecular weight excluding hydrogens is 335 g/mol.